The molecule has 1 aliphatic heterocycles. The Labute approximate surface area is 169 Å². The van der Waals surface area contributed by atoms with Crippen LogP contribution in [0.1, 0.15) is 32.3 Å². The molecule has 0 aliphatic carbocycles. The molecule has 1 aromatic rings. The van der Waals surface area contributed by atoms with Gasteiger partial charge in [0.1, 0.15) is 19.3 Å². The van der Waals surface area contributed by atoms with Crippen molar-refractivity contribution < 1.29 is 33.7 Å². The third-order valence-corrected chi connectivity index (χ3v) is 4.27. The quantitative estimate of drug-likeness (QED) is 0.538. The number of hydrogen-bond acceptors (Lipinski definition) is 6. The van der Waals surface area contributed by atoms with Gasteiger partial charge in [-0.05, 0) is 24.3 Å². The average molecular weight is 408 g/mol. The first kappa shape index (κ1) is 22.6. The Morgan fingerprint density at radius 2 is 1.97 bits per heavy atom. The van der Waals surface area contributed by atoms with Gasteiger partial charge in [-0.1, -0.05) is 44.2 Å². The Morgan fingerprint density at radius 3 is 2.62 bits per heavy atom. The van der Waals surface area contributed by atoms with Gasteiger partial charge in [0.2, 0.25) is 5.91 Å². The number of benzene rings is 1. The Balaban J connectivity index is 1.89. The Kier molecular flexibility index (Phi) is 8.88. The SMILES string of the molecule is CC(C)C[C@H](NC(=O)OCc1ccccc1)C(=O)N[C@H]1CCOC1OCC(=O)O. The minimum atomic E-state index is -1.12. The number of aliphatic carboxylic acids is 1. The number of nitrogens with one attached hydrogen (secondary N) is 2. The van der Waals surface area contributed by atoms with Gasteiger partial charge in [0.25, 0.3) is 0 Å². The van der Waals surface area contributed by atoms with Gasteiger partial charge in [-0.2, -0.15) is 0 Å². The second-order valence-corrected chi connectivity index (χ2v) is 7.24. The lowest BCUT2D eigenvalue weighted by molar-refractivity contribution is -0.161. The highest BCUT2D eigenvalue weighted by molar-refractivity contribution is 5.85. The molecule has 1 saturated heterocycles. The van der Waals surface area contributed by atoms with Gasteiger partial charge in [-0.25, -0.2) is 9.59 Å². The van der Waals surface area contributed by atoms with E-state index in [4.69, 9.17) is 19.3 Å². The predicted molar refractivity (Wildman–Crippen MR) is 103 cm³/mol. The van der Waals surface area contributed by atoms with Gasteiger partial charge < -0.3 is 30.0 Å². The monoisotopic (exact) mass is 408 g/mol. The molecule has 1 unspecified atom stereocenters. The van der Waals surface area contributed by atoms with E-state index in [-0.39, 0.29) is 12.5 Å². The van der Waals surface area contributed by atoms with Crippen LogP contribution in [0.4, 0.5) is 4.79 Å². The van der Waals surface area contributed by atoms with Crippen LogP contribution in [0.15, 0.2) is 30.3 Å². The summed E-state index contributed by atoms with van der Waals surface area (Å²) in [7, 11) is 0. The van der Waals surface area contributed by atoms with Crippen LogP contribution in [-0.2, 0) is 30.4 Å². The molecule has 160 valence electrons. The topological polar surface area (TPSA) is 123 Å². The highest BCUT2D eigenvalue weighted by Crippen LogP contribution is 2.16. The van der Waals surface area contributed by atoms with Crippen LogP contribution in [-0.4, -0.2) is 54.7 Å². The Hall–Kier alpha value is -2.65. The van der Waals surface area contributed by atoms with Crippen molar-refractivity contribution in [1.29, 1.82) is 0 Å². The summed E-state index contributed by atoms with van der Waals surface area (Å²) in [6.07, 6.45) is -0.612. The summed E-state index contributed by atoms with van der Waals surface area (Å²) in [5.41, 5.74) is 0.842. The summed E-state index contributed by atoms with van der Waals surface area (Å²) in [6, 6.07) is 7.95. The number of carboxylic acids is 1. The normalized spacial score (nSPS) is 19.6. The van der Waals surface area contributed by atoms with Crippen molar-refractivity contribution in [2.75, 3.05) is 13.2 Å². The molecule has 3 N–H and O–H groups in total. The van der Waals surface area contributed by atoms with Crippen LogP contribution in [0.3, 0.4) is 0 Å². The molecule has 2 amide bonds. The molecule has 0 aromatic heterocycles. The zero-order chi connectivity index (χ0) is 21.2. The van der Waals surface area contributed by atoms with E-state index in [1.54, 1.807) is 0 Å². The number of ether oxygens (including phenoxy) is 3. The molecular weight excluding hydrogens is 380 g/mol. The fourth-order valence-corrected chi connectivity index (χ4v) is 2.91. The molecule has 0 radical (unpaired) electrons. The number of alkyl carbamates (subject to hydrolysis) is 1. The van der Waals surface area contributed by atoms with Crippen LogP contribution in [0.2, 0.25) is 0 Å². The van der Waals surface area contributed by atoms with Crippen molar-refractivity contribution in [1.82, 2.24) is 10.6 Å². The summed E-state index contributed by atoms with van der Waals surface area (Å²) in [4.78, 5) is 35.6. The summed E-state index contributed by atoms with van der Waals surface area (Å²) >= 11 is 0. The fourth-order valence-electron chi connectivity index (χ4n) is 2.91. The Bertz CT molecular complexity index is 681. The van der Waals surface area contributed by atoms with E-state index >= 15 is 0 Å². The standard InChI is InChI=1S/C20H28N2O7/c1-13(2)10-16(22-20(26)29-11-14-6-4-3-5-7-14)18(25)21-15-8-9-27-19(15)28-12-17(23)24/h3-7,13,15-16,19H,8-12H2,1-2H3,(H,21,25)(H,22,26)(H,23,24)/t15-,16-,19?/m0/s1. The molecule has 3 atom stereocenters. The van der Waals surface area contributed by atoms with Crippen molar-refractivity contribution >= 4 is 18.0 Å². The van der Waals surface area contributed by atoms with E-state index in [1.807, 2.05) is 44.2 Å². The maximum atomic E-state index is 12.7. The van der Waals surface area contributed by atoms with Crippen molar-refractivity contribution in [3.8, 4) is 0 Å². The van der Waals surface area contributed by atoms with Crippen LogP contribution in [0.5, 0.6) is 0 Å². The van der Waals surface area contributed by atoms with Crippen LogP contribution in [0.25, 0.3) is 0 Å². The van der Waals surface area contributed by atoms with Crippen molar-refractivity contribution in [2.24, 2.45) is 5.92 Å². The van der Waals surface area contributed by atoms with E-state index in [0.717, 1.165) is 5.56 Å². The molecule has 0 spiro atoms. The highest BCUT2D eigenvalue weighted by Gasteiger charge is 2.33. The summed E-state index contributed by atoms with van der Waals surface area (Å²) in [5.74, 6) is -1.36. The van der Waals surface area contributed by atoms with Crippen LogP contribution < -0.4 is 10.6 Å². The maximum absolute atomic E-state index is 12.7. The van der Waals surface area contributed by atoms with E-state index < -0.39 is 43.0 Å². The number of amides is 2. The highest BCUT2D eigenvalue weighted by atomic mass is 16.7. The first-order valence-electron chi connectivity index (χ1n) is 9.57. The second kappa shape index (κ2) is 11.4. The molecule has 0 bridgehead atoms. The predicted octanol–water partition coefficient (Wildman–Crippen LogP) is 1.66. The first-order valence-corrected chi connectivity index (χ1v) is 9.57. The maximum Gasteiger partial charge on any atom is 0.408 e. The largest absolute Gasteiger partial charge is 0.480 e. The number of hydrogen-bond donors (Lipinski definition) is 3. The van der Waals surface area contributed by atoms with Gasteiger partial charge in [-0.3, -0.25) is 4.79 Å². The van der Waals surface area contributed by atoms with E-state index in [2.05, 4.69) is 10.6 Å². The molecule has 1 aromatic carbocycles. The van der Waals surface area contributed by atoms with Crippen molar-refractivity contribution in [3.05, 3.63) is 35.9 Å². The Morgan fingerprint density at radius 1 is 1.24 bits per heavy atom. The summed E-state index contributed by atoms with van der Waals surface area (Å²) < 4.78 is 15.7. The molecule has 29 heavy (non-hydrogen) atoms. The third kappa shape index (κ3) is 8.08. The van der Waals surface area contributed by atoms with Crippen molar-refractivity contribution in [3.63, 3.8) is 0 Å². The number of carbonyl (C=O) groups excluding carboxylic acids is 2. The summed E-state index contributed by atoms with van der Waals surface area (Å²) in [6.45, 7) is 3.81. The summed E-state index contributed by atoms with van der Waals surface area (Å²) in [5, 5.41) is 14.1. The van der Waals surface area contributed by atoms with Gasteiger partial charge in [0, 0.05) is 0 Å². The average Bonchev–Trinajstić information content (AvgIpc) is 3.11. The van der Waals surface area contributed by atoms with Gasteiger partial charge in [0.15, 0.2) is 6.29 Å². The zero-order valence-electron chi connectivity index (χ0n) is 16.6. The van der Waals surface area contributed by atoms with Gasteiger partial charge in [-0.15, -0.1) is 0 Å². The lowest BCUT2D eigenvalue weighted by Crippen LogP contribution is -2.52. The van der Waals surface area contributed by atoms with E-state index in [1.165, 1.54) is 0 Å². The molecule has 1 heterocycles. The first-order chi connectivity index (χ1) is 13.8. The molecular formula is C20H28N2O7. The van der Waals surface area contributed by atoms with Gasteiger partial charge >= 0.3 is 12.1 Å². The second-order valence-electron chi connectivity index (χ2n) is 7.24. The minimum absolute atomic E-state index is 0.101. The molecule has 9 nitrogen and oxygen atoms in total. The molecule has 9 heteroatoms. The van der Waals surface area contributed by atoms with Gasteiger partial charge in [0.05, 0.1) is 12.6 Å². The van der Waals surface area contributed by atoms with Crippen molar-refractivity contribution in [2.45, 2.75) is 51.7 Å². The van der Waals surface area contributed by atoms with E-state index in [0.29, 0.717) is 19.4 Å². The third-order valence-electron chi connectivity index (χ3n) is 4.27. The van der Waals surface area contributed by atoms with Crippen LogP contribution >= 0.6 is 0 Å². The molecule has 1 fully saturated rings. The number of carbonyl (C=O) groups is 3. The number of carboxylic acid groups (broad SMARTS) is 1. The fraction of sp³-hybridized carbons (Fsp3) is 0.550. The smallest absolute Gasteiger partial charge is 0.408 e. The van der Waals surface area contributed by atoms with E-state index in [9.17, 15) is 14.4 Å². The molecule has 2 rings (SSSR count). The molecule has 0 saturated carbocycles. The van der Waals surface area contributed by atoms with Crippen LogP contribution in [0, 0.1) is 5.92 Å². The lowest BCUT2D eigenvalue weighted by atomic mass is 10.0. The minimum Gasteiger partial charge on any atom is -0.480 e. The lowest BCUT2D eigenvalue weighted by Gasteiger charge is -2.24. The zero-order valence-corrected chi connectivity index (χ0v) is 16.6. The number of rotatable bonds is 10. The molecule has 1 aliphatic rings.